The first-order chi connectivity index (χ1) is 8.81. The maximum Gasteiger partial charge on any atom is 0.287 e. The molecule has 0 aromatic carbocycles. The Kier molecular flexibility index (Phi) is 3.87. The Morgan fingerprint density at radius 2 is 2.21 bits per heavy atom. The molecule has 0 aliphatic heterocycles. The van der Waals surface area contributed by atoms with Crippen LogP contribution in [0.4, 0.5) is 5.69 Å². The van der Waals surface area contributed by atoms with Gasteiger partial charge in [0, 0.05) is 12.6 Å². The minimum absolute atomic E-state index is 0.230. The third-order valence-electron chi connectivity index (χ3n) is 3.59. The summed E-state index contributed by atoms with van der Waals surface area (Å²) in [7, 11) is 3.91. The summed E-state index contributed by atoms with van der Waals surface area (Å²) < 4.78 is 1.41. The van der Waals surface area contributed by atoms with E-state index in [4.69, 9.17) is 11.6 Å². The molecule has 1 unspecified atom stereocenters. The molecule has 0 amide bonds. The van der Waals surface area contributed by atoms with Gasteiger partial charge in [-0.05, 0) is 25.9 Å². The van der Waals surface area contributed by atoms with Crippen molar-refractivity contribution in [2.45, 2.75) is 32.9 Å². The van der Waals surface area contributed by atoms with E-state index in [1.165, 1.54) is 4.68 Å². The molecule has 19 heavy (non-hydrogen) atoms. The Balaban J connectivity index is 2.11. The van der Waals surface area contributed by atoms with Gasteiger partial charge in [-0.2, -0.15) is 5.10 Å². The van der Waals surface area contributed by atoms with E-state index >= 15 is 0 Å². The van der Waals surface area contributed by atoms with Gasteiger partial charge in [0.15, 0.2) is 0 Å². The molecule has 0 radical (unpaired) electrons. The quantitative estimate of drug-likeness (QED) is 0.894. The largest absolute Gasteiger partial charge is 0.379 e. The zero-order valence-electron chi connectivity index (χ0n) is 11.9. The predicted molar refractivity (Wildman–Crippen MR) is 77.9 cm³/mol. The molecule has 1 aromatic rings. The summed E-state index contributed by atoms with van der Waals surface area (Å²) in [6.45, 7) is 5.67. The van der Waals surface area contributed by atoms with E-state index in [2.05, 4.69) is 24.3 Å². The Hall–Kier alpha value is -1.07. The number of aromatic nitrogens is 2. The monoisotopic (exact) mass is 284 g/mol. The smallest absolute Gasteiger partial charge is 0.287 e. The van der Waals surface area contributed by atoms with Crippen molar-refractivity contribution in [1.29, 1.82) is 0 Å². The van der Waals surface area contributed by atoms with Crippen LogP contribution in [-0.2, 0) is 6.54 Å². The lowest BCUT2D eigenvalue weighted by molar-refractivity contribution is 0.367. The Morgan fingerprint density at radius 3 is 2.74 bits per heavy atom. The molecular formula is C13H21ClN4O. The van der Waals surface area contributed by atoms with E-state index < -0.39 is 0 Å². The van der Waals surface area contributed by atoms with Gasteiger partial charge in [0.05, 0.1) is 18.4 Å². The van der Waals surface area contributed by atoms with Crippen LogP contribution in [0, 0.1) is 5.41 Å². The van der Waals surface area contributed by atoms with Crippen molar-refractivity contribution in [3.05, 3.63) is 21.6 Å². The summed E-state index contributed by atoms with van der Waals surface area (Å²) in [5.41, 5.74) is 0.693. The van der Waals surface area contributed by atoms with E-state index in [9.17, 15) is 4.79 Å². The zero-order valence-corrected chi connectivity index (χ0v) is 12.7. The summed E-state index contributed by atoms with van der Waals surface area (Å²) >= 11 is 6.13. The molecule has 1 N–H and O–H groups in total. The van der Waals surface area contributed by atoms with Gasteiger partial charge in [-0.3, -0.25) is 4.79 Å². The molecule has 0 saturated heterocycles. The Labute approximate surface area is 118 Å². The number of hydrogen-bond acceptors (Lipinski definition) is 4. The maximum absolute atomic E-state index is 12.1. The number of nitrogens with zero attached hydrogens (tertiary/aromatic N) is 3. The number of nitrogens with one attached hydrogen (secondary N) is 1. The summed E-state index contributed by atoms with van der Waals surface area (Å²) in [6, 6.07) is 0.379. The Morgan fingerprint density at radius 1 is 1.58 bits per heavy atom. The van der Waals surface area contributed by atoms with Crippen molar-refractivity contribution in [3.63, 3.8) is 0 Å². The SMILES string of the molecule is CN(C)CCn1ncc(NC2CC2(C)C)c(Cl)c1=O. The first-order valence-corrected chi connectivity index (χ1v) is 6.86. The molecule has 1 fully saturated rings. The summed E-state index contributed by atoms with van der Waals surface area (Å²) in [4.78, 5) is 14.1. The minimum Gasteiger partial charge on any atom is -0.379 e. The highest BCUT2D eigenvalue weighted by atomic mass is 35.5. The van der Waals surface area contributed by atoms with Gasteiger partial charge in [-0.15, -0.1) is 0 Å². The third kappa shape index (κ3) is 3.28. The first-order valence-electron chi connectivity index (χ1n) is 6.48. The fraction of sp³-hybridized carbons (Fsp3) is 0.692. The first kappa shape index (κ1) is 14.3. The standard InChI is InChI=1S/C13H21ClN4O/c1-13(2)7-10(13)16-9-8-15-18(6-5-17(3)4)12(19)11(9)14/h8,10,16H,5-7H2,1-4H3. The highest BCUT2D eigenvalue weighted by Gasteiger charge is 2.45. The lowest BCUT2D eigenvalue weighted by Gasteiger charge is -2.13. The van der Waals surface area contributed by atoms with Gasteiger partial charge < -0.3 is 10.2 Å². The van der Waals surface area contributed by atoms with E-state index in [1.807, 2.05) is 19.0 Å². The van der Waals surface area contributed by atoms with Crippen molar-refractivity contribution in [2.24, 2.45) is 5.41 Å². The van der Waals surface area contributed by atoms with Crippen molar-refractivity contribution in [1.82, 2.24) is 14.7 Å². The number of anilines is 1. The van der Waals surface area contributed by atoms with E-state index in [0.717, 1.165) is 13.0 Å². The van der Waals surface area contributed by atoms with E-state index in [0.29, 0.717) is 18.3 Å². The second kappa shape index (κ2) is 5.13. The molecule has 2 rings (SSSR count). The van der Waals surface area contributed by atoms with Crippen molar-refractivity contribution < 1.29 is 0 Å². The third-order valence-corrected chi connectivity index (χ3v) is 3.95. The fourth-order valence-electron chi connectivity index (χ4n) is 1.92. The molecule has 1 aliphatic rings. The Bertz CT molecular complexity index is 524. The van der Waals surface area contributed by atoms with Crippen LogP contribution < -0.4 is 10.9 Å². The molecule has 6 heteroatoms. The highest BCUT2D eigenvalue weighted by Crippen LogP contribution is 2.46. The van der Waals surface area contributed by atoms with Crippen molar-refractivity contribution in [2.75, 3.05) is 26.0 Å². The minimum atomic E-state index is -0.230. The molecule has 0 spiro atoms. The molecule has 106 valence electrons. The van der Waals surface area contributed by atoms with Crippen LogP contribution >= 0.6 is 11.6 Å². The number of likely N-dealkylation sites (N-methyl/N-ethyl adjacent to an activating group) is 1. The molecule has 0 bridgehead atoms. The van der Waals surface area contributed by atoms with Crippen LogP contribution in [-0.4, -0.2) is 41.4 Å². The number of rotatable bonds is 5. The highest BCUT2D eigenvalue weighted by molar-refractivity contribution is 6.32. The van der Waals surface area contributed by atoms with Gasteiger partial charge in [-0.25, -0.2) is 4.68 Å². The topological polar surface area (TPSA) is 50.2 Å². The molecule has 1 aromatic heterocycles. The molecular weight excluding hydrogens is 264 g/mol. The number of hydrogen-bond donors (Lipinski definition) is 1. The van der Waals surface area contributed by atoms with Crippen molar-refractivity contribution in [3.8, 4) is 0 Å². The molecule has 1 heterocycles. The summed E-state index contributed by atoms with van der Waals surface area (Å²) in [5.74, 6) is 0. The van der Waals surface area contributed by atoms with Crippen LogP contribution in [0.3, 0.4) is 0 Å². The molecule has 1 aliphatic carbocycles. The summed E-state index contributed by atoms with van der Waals surface area (Å²) in [6.07, 6.45) is 2.74. The fourth-order valence-corrected chi connectivity index (χ4v) is 2.12. The number of halogens is 1. The van der Waals surface area contributed by atoms with Crippen LogP contribution in [0.1, 0.15) is 20.3 Å². The average Bonchev–Trinajstić information content (AvgIpc) is 2.91. The average molecular weight is 285 g/mol. The molecule has 5 nitrogen and oxygen atoms in total. The normalized spacial score (nSPS) is 20.6. The predicted octanol–water partition coefficient (Wildman–Crippen LogP) is 1.67. The van der Waals surface area contributed by atoms with E-state index in [1.54, 1.807) is 6.20 Å². The molecule has 1 atom stereocenters. The van der Waals surface area contributed by atoms with Gasteiger partial charge in [0.1, 0.15) is 5.02 Å². The lowest BCUT2D eigenvalue weighted by Crippen LogP contribution is -2.29. The van der Waals surface area contributed by atoms with Crippen LogP contribution in [0.15, 0.2) is 11.0 Å². The second-order valence-corrected chi connectivity index (χ2v) is 6.47. The van der Waals surface area contributed by atoms with Gasteiger partial charge in [0.2, 0.25) is 0 Å². The van der Waals surface area contributed by atoms with Crippen LogP contribution in [0.25, 0.3) is 0 Å². The summed E-state index contributed by atoms with van der Waals surface area (Å²) in [5, 5.41) is 7.69. The second-order valence-electron chi connectivity index (χ2n) is 6.09. The van der Waals surface area contributed by atoms with E-state index in [-0.39, 0.29) is 16.0 Å². The van der Waals surface area contributed by atoms with Crippen LogP contribution in [0.5, 0.6) is 0 Å². The van der Waals surface area contributed by atoms with Crippen molar-refractivity contribution >= 4 is 17.3 Å². The van der Waals surface area contributed by atoms with Gasteiger partial charge >= 0.3 is 0 Å². The van der Waals surface area contributed by atoms with Gasteiger partial charge in [0.25, 0.3) is 5.56 Å². The van der Waals surface area contributed by atoms with Crippen LogP contribution in [0.2, 0.25) is 5.02 Å². The van der Waals surface area contributed by atoms with Gasteiger partial charge in [-0.1, -0.05) is 25.4 Å². The molecule has 1 saturated carbocycles. The maximum atomic E-state index is 12.1. The zero-order chi connectivity index (χ0) is 14.2. The lowest BCUT2D eigenvalue weighted by atomic mass is 10.2.